The molecule has 0 aliphatic rings. The van der Waals surface area contributed by atoms with Crippen molar-refractivity contribution < 1.29 is 4.79 Å². The summed E-state index contributed by atoms with van der Waals surface area (Å²) in [4.78, 5) is 15.7. The van der Waals surface area contributed by atoms with E-state index in [0.29, 0.717) is 5.69 Å². The fourth-order valence-electron chi connectivity index (χ4n) is 1.47. The van der Waals surface area contributed by atoms with E-state index in [9.17, 15) is 4.79 Å². The molecule has 1 heterocycles. The molecule has 0 bridgehead atoms. The van der Waals surface area contributed by atoms with Crippen molar-refractivity contribution >= 4 is 11.9 Å². The Morgan fingerprint density at radius 2 is 1.72 bits per heavy atom. The van der Waals surface area contributed by atoms with Gasteiger partial charge in [-0.2, -0.15) is 0 Å². The third-order valence-electron chi connectivity index (χ3n) is 2.36. The number of nitrogens with zero attached hydrogens (tertiary/aromatic N) is 1. The second-order valence-electron chi connectivity index (χ2n) is 3.71. The Labute approximate surface area is 106 Å². The van der Waals surface area contributed by atoms with Gasteiger partial charge in [-0.25, -0.2) is 0 Å². The van der Waals surface area contributed by atoms with Crippen LogP contribution in [0.15, 0.2) is 73.0 Å². The highest BCUT2D eigenvalue weighted by Gasteiger charge is 1.99. The molecule has 0 spiro atoms. The summed E-state index contributed by atoms with van der Waals surface area (Å²) < 4.78 is 0. The molecule has 2 aromatic rings. The first-order valence-corrected chi connectivity index (χ1v) is 5.71. The van der Waals surface area contributed by atoms with Crippen LogP contribution in [0.1, 0.15) is 16.1 Å². The number of allylic oxidation sites excluding steroid dienone is 3. The molecule has 2 nitrogen and oxygen atoms in total. The van der Waals surface area contributed by atoms with Crippen molar-refractivity contribution in [2.45, 2.75) is 0 Å². The van der Waals surface area contributed by atoms with Crippen LogP contribution in [0, 0.1) is 0 Å². The van der Waals surface area contributed by atoms with E-state index >= 15 is 0 Å². The van der Waals surface area contributed by atoms with Gasteiger partial charge in [0.15, 0.2) is 0 Å². The monoisotopic (exact) mass is 235 g/mol. The highest BCUT2D eigenvalue weighted by molar-refractivity contribution is 6.03. The molecule has 0 saturated carbocycles. The summed E-state index contributed by atoms with van der Waals surface area (Å²) in [5.74, 6) is -0.0895. The van der Waals surface area contributed by atoms with E-state index in [2.05, 4.69) is 4.98 Å². The quantitative estimate of drug-likeness (QED) is 0.461. The Bertz CT molecular complexity index is 556. The molecule has 1 aromatic carbocycles. The van der Waals surface area contributed by atoms with Gasteiger partial charge < -0.3 is 0 Å². The summed E-state index contributed by atoms with van der Waals surface area (Å²) in [5, 5.41) is 0. The van der Waals surface area contributed by atoms with E-state index < -0.39 is 0 Å². The van der Waals surface area contributed by atoms with Gasteiger partial charge in [0.05, 0.1) is 0 Å². The van der Waals surface area contributed by atoms with Crippen LogP contribution in [-0.2, 0) is 0 Å². The number of rotatable bonds is 4. The number of hydrogen-bond donors (Lipinski definition) is 0. The van der Waals surface area contributed by atoms with E-state index in [4.69, 9.17) is 0 Å². The summed E-state index contributed by atoms with van der Waals surface area (Å²) >= 11 is 0. The molecule has 18 heavy (non-hydrogen) atoms. The first-order valence-electron chi connectivity index (χ1n) is 5.71. The van der Waals surface area contributed by atoms with Gasteiger partial charge in [-0.05, 0) is 23.8 Å². The zero-order valence-corrected chi connectivity index (χ0v) is 9.86. The van der Waals surface area contributed by atoms with Gasteiger partial charge in [0.1, 0.15) is 5.69 Å². The second kappa shape index (κ2) is 6.30. The molecule has 1 aromatic heterocycles. The number of carbonyl (C=O) groups is 1. The lowest BCUT2D eigenvalue weighted by Gasteiger charge is -1.91. The predicted molar refractivity (Wildman–Crippen MR) is 73.2 cm³/mol. The Morgan fingerprint density at radius 1 is 0.944 bits per heavy atom. The van der Waals surface area contributed by atoms with Gasteiger partial charge in [-0.1, -0.05) is 54.6 Å². The van der Waals surface area contributed by atoms with Gasteiger partial charge in [-0.3, -0.25) is 9.78 Å². The number of pyridine rings is 1. The van der Waals surface area contributed by atoms with Crippen molar-refractivity contribution in [3.63, 3.8) is 0 Å². The number of benzene rings is 1. The lowest BCUT2D eigenvalue weighted by molar-refractivity contribution is 0.104. The molecule has 0 amide bonds. The van der Waals surface area contributed by atoms with Crippen molar-refractivity contribution in [1.29, 1.82) is 0 Å². The summed E-state index contributed by atoms with van der Waals surface area (Å²) in [5.41, 5.74) is 1.56. The molecule has 0 saturated heterocycles. The van der Waals surface area contributed by atoms with Crippen LogP contribution in [0.25, 0.3) is 6.08 Å². The predicted octanol–water partition coefficient (Wildman–Crippen LogP) is 3.53. The van der Waals surface area contributed by atoms with Crippen LogP contribution in [0.3, 0.4) is 0 Å². The highest BCUT2D eigenvalue weighted by Crippen LogP contribution is 2.01. The third kappa shape index (κ3) is 3.52. The minimum Gasteiger partial charge on any atom is -0.288 e. The fourth-order valence-corrected chi connectivity index (χ4v) is 1.47. The average molecular weight is 235 g/mol. The Kier molecular flexibility index (Phi) is 4.20. The first kappa shape index (κ1) is 12.0. The minimum absolute atomic E-state index is 0.0895. The number of hydrogen-bond acceptors (Lipinski definition) is 2. The third-order valence-corrected chi connectivity index (χ3v) is 2.36. The van der Waals surface area contributed by atoms with Crippen LogP contribution in [0.5, 0.6) is 0 Å². The van der Waals surface area contributed by atoms with Crippen molar-refractivity contribution in [3.8, 4) is 0 Å². The highest BCUT2D eigenvalue weighted by atomic mass is 16.1. The zero-order chi connectivity index (χ0) is 12.6. The van der Waals surface area contributed by atoms with Gasteiger partial charge in [0.2, 0.25) is 5.78 Å². The average Bonchev–Trinajstić information content (AvgIpc) is 2.45. The first-order chi connectivity index (χ1) is 8.86. The maximum absolute atomic E-state index is 11.7. The van der Waals surface area contributed by atoms with Crippen molar-refractivity contribution in [2.24, 2.45) is 0 Å². The zero-order valence-electron chi connectivity index (χ0n) is 9.86. The number of aromatic nitrogens is 1. The molecule has 0 atom stereocenters. The van der Waals surface area contributed by atoms with Gasteiger partial charge in [0.25, 0.3) is 0 Å². The topological polar surface area (TPSA) is 30.0 Å². The molecule has 2 rings (SSSR count). The van der Waals surface area contributed by atoms with Crippen molar-refractivity contribution in [2.75, 3.05) is 0 Å². The second-order valence-corrected chi connectivity index (χ2v) is 3.71. The van der Waals surface area contributed by atoms with E-state index in [1.54, 1.807) is 30.5 Å². The summed E-state index contributed by atoms with van der Waals surface area (Å²) in [6, 6.07) is 15.2. The molecule has 0 unspecified atom stereocenters. The van der Waals surface area contributed by atoms with E-state index in [-0.39, 0.29) is 5.78 Å². The maximum atomic E-state index is 11.7. The molecule has 0 aliphatic heterocycles. The Hall–Kier alpha value is -2.48. The molecule has 0 radical (unpaired) electrons. The lowest BCUT2D eigenvalue weighted by Crippen LogP contribution is -1.96. The van der Waals surface area contributed by atoms with Crippen molar-refractivity contribution in [3.05, 3.63) is 84.2 Å². The van der Waals surface area contributed by atoms with Crippen molar-refractivity contribution in [1.82, 2.24) is 4.98 Å². The smallest absolute Gasteiger partial charge is 0.204 e. The Morgan fingerprint density at radius 3 is 2.44 bits per heavy atom. The summed E-state index contributed by atoms with van der Waals surface area (Å²) in [7, 11) is 0. The molecule has 0 fully saturated rings. The standard InChI is InChI=1S/C16H13NO/c18-16(15-11-6-7-13-17-15)12-5-4-10-14-8-2-1-3-9-14/h1-13H. The van der Waals surface area contributed by atoms with Gasteiger partial charge in [0, 0.05) is 6.20 Å². The number of carbonyl (C=O) groups excluding carboxylic acids is 1. The Balaban J connectivity index is 1.96. The largest absolute Gasteiger partial charge is 0.288 e. The van der Waals surface area contributed by atoms with Crippen LogP contribution in [0.4, 0.5) is 0 Å². The van der Waals surface area contributed by atoms with E-state index in [0.717, 1.165) is 5.56 Å². The van der Waals surface area contributed by atoms with Crippen LogP contribution in [0.2, 0.25) is 0 Å². The maximum Gasteiger partial charge on any atom is 0.204 e. The molecule has 2 heteroatoms. The van der Waals surface area contributed by atoms with E-state index in [1.807, 2.05) is 42.5 Å². The van der Waals surface area contributed by atoms with Crippen LogP contribution in [-0.4, -0.2) is 10.8 Å². The summed E-state index contributed by atoms with van der Waals surface area (Å²) in [6.45, 7) is 0. The van der Waals surface area contributed by atoms with E-state index in [1.165, 1.54) is 6.08 Å². The normalized spacial score (nSPS) is 11.1. The summed E-state index contributed by atoms with van der Waals surface area (Å²) in [6.07, 6.45) is 8.64. The lowest BCUT2D eigenvalue weighted by atomic mass is 10.2. The van der Waals surface area contributed by atoms with Gasteiger partial charge >= 0.3 is 0 Å². The molecule has 0 aliphatic carbocycles. The van der Waals surface area contributed by atoms with Gasteiger partial charge in [-0.15, -0.1) is 0 Å². The fraction of sp³-hybridized carbons (Fsp3) is 0. The molecular formula is C16H13NO. The number of ketones is 1. The van der Waals surface area contributed by atoms with Crippen LogP contribution >= 0.6 is 0 Å². The SMILES string of the molecule is O=C(C=CC=Cc1ccccc1)c1ccccn1. The van der Waals surface area contributed by atoms with Crippen LogP contribution < -0.4 is 0 Å². The minimum atomic E-state index is -0.0895. The molecule has 0 N–H and O–H groups in total. The molecule has 88 valence electrons. The molecular weight excluding hydrogens is 222 g/mol.